The lowest BCUT2D eigenvalue weighted by Crippen LogP contribution is -2.44. The Morgan fingerprint density at radius 1 is 1.42 bits per heavy atom. The van der Waals surface area contributed by atoms with Crippen molar-refractivity contribution in [3.8, 4) is 0 Å². The van der Waals surface area contributed by atoms with E-state index in [2.05, 4.69) is 17.2 Å². The van der Waals surface area contributed by atoms with Crippen LogP contribution in [0.3, 0.4) is 0 Å². The molecule has 0 bridgehead atoms. The molecule has 1 fully saturated rings. The molecule has 0 spiro atoms. The van der Waals surface area contributed by atoms with E-state index in [1.165, 1.54) is 18.6 Å². The van der Waals surface area contributed by atoms with Gasteiger partial charge in [-0.2, -0.15) is 0 Å². The number of nitrogens with one attached hydrogen (secondary N) is 2. The number of aromatic amines is 1. The first-order chi connectivity index (χ1) is 9.23. The molecule has 1 atom stereocenters. The van der Waals surface area contributed by atoms with Gasteiger partial charge < -0.3 is 10.3 Å². The van der Waals surface area contributed by atoms with Crippen molar-refractivity contribution in [1.82, 2.24) is 15.3 Å². The number of hydrogen-bond donors (Lipinski definition) is 2. The SMILES string of the molecule is CCCC1(c2nc3ccc(F)cc3[nH]2)CCCNC1. The Hall–Kier alpha value is -1.42. The van der Waals surface area contributed by atoms with Crippen LogP contribution in [0.15, 0.2) is 18.2 Å². The van der Waals surface area contributed by atoms with E-state index < -0.39 is 0 Å². The summed E-state index contributed by atoms with van der Waals surface area (Å²) in [5.74, 6) is 0.802. The molecular weight excluding hydrogens is 241 g/mol. The maximum atomic E-state index is 13.3. The van der Waals surface area contributed by atoms with Crippen LogP contribution in [0.2, 0.25) is 0 Å². The van der Waals surface area contributed by atoms with Crippen molar-refractivity contribution >= 4 is 11.0 Å². The summed E-state index contributed by atoms with van der Waals surface area (Å²) in [6.45, 7) is 4.25. The minimum absolute atomic E-state index is 0.0858. The average Bonchev–Trinajstić information content (AvgIpc) is 2.83. The molecule has 1 aliphatic rings. The molecule has 1 unspecified atom stereocenters. The minimum Gasteiger partial charge on any atom is -0.341 e. The van der Waals surface area contributed by atoms with Crippen molar-refractivity contribution in [2.24, 2.45) is 0 Å². The number of halogens is 1. The average molecular weight is 261 g/mol. The van der Waals surface area contributed by atoms with Gasteiger partial charge in [-0.1, -0.05) is 13.3 Å². The second-order valence-corrected chi connectivity index (χ2v) is 5.56. The lowest BCUT2D eigenvalue weighted by Gasteiger charge is -2.36. The summed E-state index contributed by atoms with van der Waals surface area (Å²) in [6.07, 6.45) is 4.57. The van der Waals surface area contributed by atoms with Gasteiger partial charge in [-0.25, -0.2) is 9.37 Å². The molecule has 2 N–H and O–H groups in total. The van der Waals surface area contributed by atoms with Crippen molar-refractivity contribution in [2.75, 3.05) is 13.1 Å². The zero-order valence-electron chi connectivity index (χ0n) is 11.3. The maximum absolute atomic E-state index is 13.3. The van der Waals surface area contributed by atoms with Crippen molar-refractivity contribution in [3.63, 3.8) is 0 Å². The summed E-state index contributed by atoms with van der Waals surface area (Å²) in [4.78, 5) is 8.05. The summed E-state index contributed by atoms with van der Waals surface area (Å²) in [6, 6.07) is 4.75. The van der Waals surface area contributed by atoms with Crippen LogP contribution in [-0.4, -0.2) is 23.1 Å². The summed E-state index contributed by atoms with van der Waals surface area (Å²) in [7, 11) is 0. The monoisotopic (exact) mass is 261 g/mol. The fourth-order valence-electron chi connectivity index (χ4n) is 3.21. The highest BCUT2D eigenvalue weighted by Gasteiger charge is 2.35. The number of imidazole rings is 1. The smallest absolute Gasteiger partial charge is 0.125 e. The van der Waals surface area contributed by atoms with Crippen molar-refractivity contribution < 1.29 is 4.39 Å². The maximum Gasteiger partial charge on any atom is 0.125 e. The number of H-pyrrole nitrogens is 1. The van der Waals surface area contributed by atoms with E-state index in [9.17, 15) is 4.39 Å². The first-order valence-corrected chi connectivity index (χ1v) is 7.10. The van der Waals surface area contributed by atoms with Gasteiger partial charge in [-0.15, -0.1) is 0 Å². The van der Waals surface area contributed by atoms with Crippen molar-refractivity contribution in [2.45, 2.75) is 38.0 Å². The van der Waals surface area contributed by atoms with Gasteiger partial charge in [0, 0.05) is 12.0 Å². The fraction of sp³-hybridized carbons (Fsp3) is 0.533. The third-order valence-electron chi connectivity index (χ3n) is 4.15. The van der Waals surface area contributed by atoms with Gasteiger partial charge in [0.05, 0.1) is 11.0 Å². The quantitative estimate of drug-likeness (QED) is 0.891. The molecule has 2 heterocycles. The Morgan fingerprint density at radius 3 is 3.05 bits per heavy atom. The van der Waals surface area contributed by atoms with Crippen LogP contribution in [-0.2, 0) is 5.41 Å². The van der Waals surface area contributed by atoms with E-state index in [1.54, 1.807) is 6.07 Å². The predicted octanol–water partition coefficient (Wildman–Crippen LogP) is 3.12. The molecule has 102 valence electrons. The molecule has 2 aromatic rings. The van der Waals surface area contributed by atoms with Crippen LogP contribution in [0, 0.1) is 5.82 Å². The molecular formula is C15H20FN3. The standard InChI is InChI=1S/C15H20FN3/c1-2-6-15(7-3-8-17-10-15)14-18-12-5-4-11(16)9-13(12)19-14/h4-5,9,17H,2-3,6-8,10H2,1H3,(H,18,19). The second-order valence-electron chi connectivity index (χ2n) is 5.56. The van der Waals surface area contributed by atoms with E-state index in [1.807, 2.05) is 0 Å². The lowest BCUT2D eigenvalue weighted by atomic mass is 9.76. The molecule has 1 aromatic carbocycles. The molecule has 0 aliphatic carbocycles. The molecule has 3 nitrogen and oxygen atoms in total. The summed E-state index contributed by atoms with van der Waals surface area (Å²) >= 11 is 0. The summed E-state index contributed by atoms with van der Waals surface area (Å²) in [5.41, 5.74) is 1.75. The van der Waals surface area contributed by atoms with E-state index in [0.717, 1.165) is 49.2 Å². The Kier molecular flexibility index (Phi) is 3.27. The van der Waals surface area contributed by atoms with Gasteiger partial charge in [0.2, 0.25) is 0 Å². The van der Waals surface area contributed by atoms with Crippen LogP contribution in [0.4, 0.5) is 4.39 Å². The number of fused-ring (bicyclic) bond motifs is 1. The Bertz CT molecular complexity index is 564. The van der Waals surface area contributed by atoms with Crippen molar-refractivity contribution in [1.29, 1.82) is 0 Å². The highest BCUT2D eigenvalue weighted by molar-refractivity contribution is 5.75. The molecule has 0 amide bonds. The lowest BCUT2D eigenvalue weighted by molar-refractivity contribution is 0.278. The molecule has 4 heteroatoms. The Labute approximate surface area is 112 Å². The van der Waals surface area contributed by atoms with Crippen molar-refractivity contribution in [3.05, 3.63) is 29.8 Å². The van der Waals surface area contributed by atoms with E-state index >= 15 is 0 Å². The largest absolute Gasteiger partial charge is 0.341 e. The molecule has 1 saturated heterocycles. The van der Waals surface area contributed by atoms with E-state index in [-0.39, 0.29) is 11.2 Å². The predicted molar refractivity (Wildman–Crippen MR) is 74.7 cm³/mol. The molecule has 19 heavy (non-hydrogen) atoms. The van der Waals surface area contributed by atoms with Crippen LogP contribution in [0.1, 0.15) is 38.4 Å². The number of nitrogens with zero attached hydrogens (tertiary/aromatic N) is 1. The number of hydrogen-bond acceptors (Lipinski definition) is 2. The zero-order chi connectivity index (χ0) is 13.3. The molecule has 3 rings (SSSR count). The van der Waals surface area contributed by atoms with E-state index in [4.69, 9.17) is 4.98 Å². The Balaban J connectivity index is 2.04. The van der Waals surface area contributed by atoms with Crippen LogP contribution < -0.4 is 5.32 Å². The van der Waals surface area contributed by atoms with Crippen LogP contribution in [0.25, 0.3) is 11.0 Å². The molecule has 0 radical (unpaired) electrons. The van der Waals surface area contributed by atoms with E-state index in [0.29, 0.717) is 0 Å². The van der Waals surface area contributed by atoms with Gasteiger partial charge in [0.25, 0.3) is 0 Å². The van der Waals surface area contributed by atoms with Gasteiger partial charge in [0.15, 0.2) is 0 Å². The number of rotatable bonds is 3. The van der Waals surface area contributed by atoms with Gasteiger partial charge in [0.1, 0.15) is 11.6 Å². The van der Waals surface area contributed by atoms with Gasteiger partial charge >= 0.3 is 0 Å². The van der Waals surface area contributed by atoms with Crippen LogP contribution >= 0.6 is 0 Å². The summed E-state index contributed by atoms with van der Waals surface area (Å²) in [5, 5.41) is 3.48. The molecule has 0 saturated carbocycles. The second kappa shape index (κ2) is 4.93. The fourth-order valence-corrected chi connectivity index (χ4v) is 3.21. The van der Waals surface area contributed by atoms with Gasteiger partial charge in [-0.05, 0) is 44.0 Å². The van der Waals surface area contributed by atoms with Gasteiger partial charge in [-0.3, -0.25) is 0 Å². The highest BCUT2D eigenvalue weighted by atomic mass is 19.1. The normalized spacial score (nSPS) is 23.9. The summed E-state index contributed by atoms with van der Waals surface area (Å²) < 4.78 is 13.3. The first kappa shape index (κ1) is 12.6. The molecule has 1 aromatic heterocycles. The highest BCUT2D eigenvalue weighted by Crippen LogP contribution is 2.35. The first-order valence-electron chi connectivity index (χ1n) is 7.10. The third kappa shape index (κ3) is 2.25. The number of benzene rings is 1. The number of aromatic nitrogens is 2. The zero-order valence-corrected chi connectivity index (χ0v) is 11.3. The van der Waals surface area contributed by atoms with Crippen LogP contribution in [0.5, 0.6) is 0 Å². The Morgan fingerprint density at radius 2 is 2.32 bits per heavy atom. The molecule has 1 aliphatic heterocycles. The minimum atomic E-state index is -0.214. The third-order valence-corrected chi connectivity index (χ3v) is 4.15. The topological polar surface area (TPSA) is 40.7 Å². The number of piperidine rings is 1.